The number of hydrogen-bond donors (Lipinski definition) is 2. The van der Waals surface area contributed by atoms with Crippen LogP contribution in [0.4, 0.5) is 0 Å². The molecule has 1 saturated carbocycles. The summed E-state index contributed by atoms with van der Waals surface area (Å²) in [6, 6.07) is 2.30. The van der Waals surface area contributed by atoms with Crippen molar-refractivity contribution in [3.63, 3.8) is 0 Å². The van der Waals surface area contributed by atoms with Crippen LogP contribution in [0, 0.1) is 0 Å². The average molecular weight is 309 g/mol. The van der Waals surface area contributed by atoms with E-state index in [4.69, 9.17) is 0 Å². The minimum Gasteiger partial charge on any atom is -0.346 e. The van der Waals surface area contributed by atoms with E-state index in [1.54, 1.807) is 11.3 Å². The topological polar surface area (TPSA) is 61.4 Å². The second-order valence-electron chi connectivity index (χ2n) is 5.70. The molecule has 1 aliphatic carbocycles. The molecule has 116 valence electrons. The summed E-state index contributed by atoms with van der Waals surface area (Å²) < 4.78 is 0. The summed E-state index contributed by atoms with van der Waals surface area (Å²) in [5, 5.41) is 9.62. The molecule has 0 aromatic carbocycles. The molecule has 1 fully saturated rings. The van der Waals surface area contributed by atoms with E-state index in [0.717, 1.165) is 31.2 Å². The molecule has 1 aliphatic rings. The van der Waals surface area contributed by atoms with Gasteiger partial charge in [0.25, 0.3) is 0 Å². The average Bonchev–Trinajstić information content (AvgIpc) is 3.11. The van der Waals surface area contributed by atoms with Gasteiger partial charge in [-0.3, -0.25) is 9.59 Å². The molecule has 5 nitrogen and oxygen atoms in total. The zero-order valence-electron chi connectivity index (χ0n) is 12.6. The van der Waals surface area contributed by atoms with Crippen LogP contribution in [0.1, 0.15) is 37.3 Å². The number of carbonyl (C=O) groups is 2. The molecular weight excluding hydrogens is 286 g/mol. The van der Waals surface area contributed by atoms with Gasteiger partial charge in [0.05, 0.1) is 6.04 Å². The first kappa shape index (κ1) is 16.0. The first-order valence-corrected chi connectivity index (χ1v) is 8.29. The molecule has 6 heteroatoms. The number of nitrogens with one attached hydrogen (secondary N) is 2. The smallest absolute Gasteiger partial charge is 0.309 e. The molecule has 0 spiro atoms. The molecule has 0 bridgehead atoms. The Labute approximate surface area is 129 Å². The third kappa shape index (κ3) is 4.54. The van der Waals surface area contributed by atoms with Gasteiger partial charge >= 0.3 is 11.8 Å². The quantitative estimate of drug-likeness (QED) is 0.811. The zero-order chi connectivity index (χ0) is 15.2. The van der Waals surface area contributed by atoms with Gasteiger partial charge in [0.1, 0.15) is 0 Å². The van der Waals surface area contributed by atoms with E-state index in [-0.39, 0.29) is 12.1 Å². The lowest BCUT2D eigenvalue weighted by atomic mass is 10.1. The second kappa shape index (κ2) is 7.56. The van der Waals surface area contributed by atoms with Crippen LogP contribution >= 0.6 is 11.3 Å². The Bertz CT molecular complexity index is 467. The van der Waals surface area contributed by atoms with Crippen LogP contribution in [0.3, 0.4) is 0 Å². The van der Waals surface area contributed by atoms with Gasteiger partial charge in [-0.05, 0) is 49.3 Å². The monoisotopic (exact) mass is 309 g/mol. The fraction of sp³-hybridized carbons (Fsp3) is 0.600. The normalized spacial score (nSPS) is 16.9. The maximum Gasteiger partial charge on any atom is 0.309 e. The van der Waals surface area contributed by atoms with Crippen LogP contribution in [-0.4, -0.2) is 43.4 Å². The molecular formula is C15H23N3O2S. The van der Waals surface area contributed by atoms with Gasteiger partial charge in [0.15, 0.2) is 0 Å². The van der Waals surface area contributed by atoms with Crippen molar-refractivity contribution in [3.8, 4) is 0 Å². The lowest BCUT2D eigenvalue weighted by molar-refractivity contribution is -0.139. The van der Waals surface area contributed by atoms with Crippen molar-refractivity contribution in [1.29, 1.82) is 0 Å². The standard InChI is InChI=1S/C15H23N3O2S/c1-18(2)13(11-7-8-21-10-11)9-16-14(19)15(20)17-12-5-3-4-6-12/h7-8,10,12-13H,3-6,9H2,1-2H3,(H,16,19)(H,17,20). The van der Waals surface area contributed by atoms with Crippen LogP contribution in [0.2, 0.25) is 0 Å². The maximum atomic E-state index is 11.9. The van der Waals surface area contributed by atoms with Gasteiger partial charge in [-0.2, -0.15) is 11.3 Å². The summed E-state index contributed by atoms with van der Waals surface area (Å²) in [4.78, 5) is 25.8. The highest BCUT2D eigenvalue weighted by molar-refractivity contribution is 7.07. The zero-order valence-corrected chi connectivity index (χ0v) is 13.4. The molecule has 1 atom stereocenters. The summed E-state index contributed by atoms with van der Waals surface area (Å²) in [6.07, 6.45) is 4.23. The second-order valence-corrected chi connectivity index (χ2v) is 6.48. The first-order chi connectivity index (χ1) is 10.1. The molecule has 21 heavy (non-hydrogen) atoms. The van der Waals surface area contributed by atoms with E-state index in [1.165, 1.54) is 0 Å². The van der Waals surface area contributed by atoms with E-state index in [9.17, 15) is 9.59 Å². The molecule has 0 saturated heterocycles. The fourth-order valence-electron chi connectivity index (χ4n) is 2.65. The molecule has 0 aliphatic heterocycles. The summed E-state index contributed by atoms with van der Waals surface area (Å²) in [5.41, 5.74) is 1.15. The van der Waals surface area contributed by atoms with Crippen molar-refractivity contribution in [2.45, 2.75) is 37.8 Å². The number of carbonyl (C=O) groups excluding carboxylic acids is 2. The van der Waals surface area contributed by atoms with Gasteiger partial charge in [0, 0.05) is 12.6 Å². The summed E-state index contributed by atoms with van der Waals surface area (Å²) in [7, 11) is 3.93. The summed E-state index contributed by atoms with van der Waals surface area (Å²) >= 11 is 1.63. The predicted octanol–water partition coefficient (Wildman–Crippen LogP) is 1.53. The molecule has 1 unspecified atom stereocenters. The highest BCUT2D eigenvalue weighted by atomic mass is 32.1. The van der Waals surface area contributed by atoms with Crippen LogP contribution in [0.15, 0.2) is 16.8 Å². The number of thiophene rings is 1. The highest BCUT2D eigenvalue weighted by Gasteiger charge is 2.22. The molecule has 1 aromatic rings. The van der Waals surface area contributed by atoms with Crippen molar-refractivity contribution < 1.29 is 9.59 Å². The fourth-order valence-corrected chi connectivity index (χ4v) is 3.36. The van der Waals surface area contributed by atoms with Crippen LogP contribution in [0.5, 0.6) is 0 Å². The van der Waals surface area contributed by atoms with Crippen molar-refractivity contribution in [3.05, 3.63) is 22.4 Å². The lowest BCUT2D eigenvalue weighted by Crippen LogP contribution is -2.45. The Morgan fingerprint density at radius 1 is 1.33 bits per heavy atom. The lowest BCUT2D eigenvalue weighted by Gasteiger charge is -2.24. The Kier molecular flexibility index (Phi) is 5.76. The number of hydrogen-bond acceptors (Lipinski definition) is 4. The molecule has 2 amide bonds. The van der Waals surface area contributed by atoms with Crippen molar-refractivity contribution in [2.75, 3.05) is 20.6 Å². The van der Waals surface area contributed by atoms with Gasteiger partial charge in [-0.15, -0.1) is 0 Å². The van der Waals surface area contributed by atoms with E-state index < -0.39 is 11.8 Å². The predicted molar refractivity (Wildman–Crippen MR) is 84.2 cm³/mol. The number of rotatable bonds is 5. The molecule has 1 heterocycles. The van der Waals surface area contributed by atoms with Crippen LogP contribution in [-0.2, 0) is 9.59 Å². The molecule has 2 N–H and O–H groups in total. The van der Waals surface area contributed by atoms with Gasteiger partial charge in [0.2, 0.25) is 0 Å². The number of likely N-dealkylation sites (N-methyl/N-ethyl adjacent to an activating group) is 1. The van der Waals surface area contributed by atoms with Crippen molar-refractivity contribution in [2.24, 2.45) is 0 Å². The van der Waals surface area contributed by atoms with E-state index in [2.05, 4.69) is 16.0 Å². The molecule has 0 radical (unpaired) electrons. The Morgan fingerprint density at radius 3 is 2.62 bits per heavy atom. The Morgan fingerprint density at radius 2 is 2.05 bits per heavy atom. The van der Waals surface area contributed by atoms with Crippen LogP contribution in [0.25, 0.3) is 0 Å². The van der Waals surface area contributed by atoms with Crippen LogP contribution < -0.4 is 10.6 Å². The third-order valence-electron chi connectivity index (χ3n) is 3.90. The van der Waals surface area contributed by atoms with E-state index in [1.807, 2.05) is 30.4 Å². The van der Waals surface area contributed by atoms with Gasteiger partial charge < -0.3 is 15.5 Å². The van der Waals surface area contributed by atoms with E-state index >= 15 is 0 Å². The van der Waals surface area contributed by atoms with Gasteiger partial charge in [-0.1, -0.05) is 12.8 Å². The number of amides is 2. The SMILES string of the molecule is CN(C)C(CNC(=O)C(=O)NC1CCCC1)c1ccsc1. The van der Waals surface area contributed by atoms with Crippen molar-refractivity contribution in [1.82, 2.24) is 15.5 Å². The van der Waals surface area contributed by atoms with Gasteiger partial charge in [-0.25, -0.2) is 0 Å². The Balaban J connectivity index is 1.82. The van der Waals surface area contributed by atoms with E-state index in [0.29, 0.717) is 6.54 Å². The first-order valence-electron chi connectivity index (χ1n) is 7.35. The minimum absolute atomic E-state index is 0.0829. The highest BCUT2D eigenvalue weighted by Crippen LogP contribution is 2.20. The Hall–Kier alpha value is -1.40. The third-order valence-corrected chi connectivity index (χ3v) is 4.61. The van der Waals surface area contributed by atoms with Crippen molar-refractivity contribution >= 4 is 23.2 Å². The molecule has 2 rings (SSSR count). The summed E-state index contributed by atoms with van der Waals surface area (Å²) in [5.74, 6) is -1.05. The largest absolute Gasteiger partial charge is 0.346 e. The summed E-state index contributed by atoms with van der Waals surface area (Å²) in [6.45, 7) is 0.431. The molecule has 1 aromatic heterocycles. The minimum atomic E-state index is -0.538. The number of nitrogens with zero attached hydrogens (tertiary/aromatic N) is 1. The maximum absolute atomic E-state index is 11.9.